The number of oxazole rings is 1. The molecule has 1 unspecified atom stereocenters. The first kappa shape index (κ1) is 20.9. The average Bonchev–Trinajstić information content (AvgIpc) is 3.33. The summed E-state index contributed by atoms with van der Waals surface area (Å²) in [5.41, 5.74) is 2.05. The number of aryl methyl sites for hydroxylation is 2. The van der Waals surface area contributed by atoms with Crippen LogP contribution in [-0.4, -0.2) is 52.3 Å². The quantitative estimate of drug-likeness (QED) is 0.702. The largest absolute Gasteiger partial charge is 0.496 e. The molecule has 1 atom stereocenters. The molecule has 1 aromatic carbocycles. The fourth-order valence-corrected chi connectivity index (χ4v) is 3.55. The number of carbonyl (C=O) groups excluding carboxylic acids is 1. The summed E-state index contributed by atoms with van der Waals surface area (Å²) in [5, 5.41) is 7.50. The lowest BCUT2D eigenvalue weighted by atomic mass is 10.0. The van der Waals surface area contributed by atoms with Crippen LogP contribution in [0.3, 0.4) is 0 Å². The molecule has 2 aromatic heterocycles. The van der Waals surface area contributed by atoms with Crippen LogP contribution in [0.15, 0.2) is 41.1 Å². The number of amides is 1. The van der Waals surface area contributed by atoms with Gasteiger partial charge in [-0.2, -0.15) is 5.10 Å². The molecule has 3 aromatic rings. The molecular weight excluding hydrogens is 394 g/mol. The Balaban J connectivity index is 0.00000240. The Bertz CT molecular complexity index is 1000. The topological polar surface area (TPSA) is 85.4 Å². The standard InChI is InChI=1S/C20H23N5O3.ClH/c1-13-18(23-19(28-13)14-10-22-24(2)12-14)20(26)25-9-8-21-11-16(25)15-6-4-5-7-17(15)27-3;/h4-7,10,12,16,21H,8-9,11H2,1-3H3;1H. The number of ether oxygens (including phenoxy) is 1. The number of hydrogen-bond acceptors (Lipinski definition) is 6. The fourth-order valence-electron chi connectivity index (χ4n) is 3.55. The zero-order chi connectivity index (χ0) is 19.7. The number of carbonyl (C=O) groups is 1. The number of halogens is 1. The van der Waals surface area contributed by atoms with Crippen molar-refractivity contribution in [3.8, 4) is 17.2 Å². The minimum atomic E-state index is -0.145. The van der Waals surface area contributed by atoms with E-state index >= 15 is 0 Å². The second-order valence-corrected chi connectivity index (χ2v) is 6.79. The SMILES string of the molecule is COc1ccccc1C1CNCCN1C(=O)c1nc(-c2cnn(C)c2)oc1C.Cl. The summed E-state index contributed by atoms with van der Waals surface area (Å²) < 4.78 is 12.9. The van der Waals surface area contributed by atoms with E-state index in [4.69, 9.17) is 9.15 Å². The highest BCUT2D eigenvalue weighted by Crippen LogP contribution is 2.32. The van der Waals surface area contributed by atoms with E-state index in [1.54, 1.807) is 24.9 Å². The summed E-state index contributed by atoms with van der Waals surface area (Å²) in [5.74, 6) is 1.52. The van der Waals surface area contributed by atoms with E-state index in [-0.39, 0.29) is 24.4 Å². The molecule has 0 radical (unpaired) electrons. The molecule has 1 fully saturated rings. The van der Waals surface area contributed by atoms with Crippen molar-refractivity contribution in [2.45, 2.75) is 13.0 Å². The van der Waals surface area contributed by atoms with Crippen LogP contribution >= 0.6 is 12.4 Å². The fraction of sp³-hybridized carbons (Fsp3) is 0.350. The highest BCUT2D eigenvalue weighted by atomic mass is 35.5. The minimum Gasteiger partial charge on any atom is -0.496 e. The normalized spacial score (nSPS) is 16.4. The second-order valence-electron chi connectivity index (χ2n) is 6.79. The summed E-state index contributed by atoms with van der Waals surface area (Å²) in [6.45, 7) is 3.72. The Morgan fingerprint density at radius 3 is 2.86 bits per heavy atom. The van der Waals surface area contributed by atoms with Crippen molar-refractivity contribution in [2.75, 3.05) is 26.7 Å². The molecular formula is C20H24ClN5O3. The Morgan fingerprint density at radius 2 is 2.14 bits per heavy atom. The molecule has 0 spiro atoms. The van der Waals surface area contributed by atoms with Gasteiger partial charge in [-0.1, -0.05) is 18.2 Å². The summed E-state index contributed by atoms with van der Waals surface area (Å²) >= 11 is 0. The van der Waals surface area contributed by atoms with Crippen LogP contribution < -0.4 is 10.1 Å². The number of piperazine rings is 1. The third-order valence-electron chi connectivity index (χ3n) is 4.95. The third kappa shape index (κ3) is 3.99. The van der Waals surface area contributed by atoms with Gasteiger partial charge in [-0.15, -0.1) is 12.4 Å². The lowest BCUT2D eigenvalue weighted by Crippen LogP contribution is -2.49. The summed E-state index contributed by atoms with van der Waals surface area (Å²) in [7, 11) is 3.47. The van der Waals surface area contributed by atoms with Gasteiger partial charge in [-0.3, -0.25) is 9.48 Å². The van der Waals surface area contributed by atoms with E-state index in [1.807, 2.05) is 42.4 Å². The van der Waals surface area contributed by atoms with E-state index in [1.165, 1.54) is 0 Å². The molecule has 9 heteroatoms. The van der Waals surface area contributed by atoms with E-state index in [9.17, 15) is 4.79 Å². The highest BCUT2D eigenvalue weighted by Gasteiger charge is 2.33. The number of methoxy groups -OCH3 is 1. The Labute approximate surface area is 175 Å². The van der Waals surface area contributed by atoms with E-state index in [0.717, 1.165) is 23.4 Å². The van der Waals surface area contributed by atoms with Crippen LogP contribution in [0.1, 0.15) is 27.9 Å². The van der Waals surface area contributed by atoms with Crippen LogP contribution in [-0.2, 0) is 7.05 Å². The maximum Gasteiger partial charge on any atom is 0.276 e. The van der Waals surface area contributed by atoms with Crippen LogP contribution in [0.5, 0.6) is 5.75 Å². The lowest BCUT2D eigenvalue weighted by molar-refractivity contribution is 0.0624. The lowest BCUT2D eigenvalue weighted by Gasteiger charge is -2.36. The van der Waals surface area contributed by atoms with Gasteiger partial charge in [0, 0.05) is 38.4 Å². The van der Waals surface area contributed by atoms with Crippen LogP contribution in [0.4, 0.5) is 0 Å². The molecule has 154 valence electrons. The Hall–Kier alpha value is -2.84. The zero-order valence-corrected chi connectivity index (χ0v) is 17.4. The highest BCUT2D eigenvalue weighted by molar-refractivity contribution is 5.94. The van der Waals surface area contributed by atoms with Crippen LogP contribution in [0.2, 0.25) is 0 Å². The van der Waals surface area contributed by atoms with Crippen LogP contribution in [0.25, 0.3) is 11.5 Å². The Kier molecular flexibility index (Phi) is 6.24. The number of nitrogens with one attached hydrogen (secondary N) is 1. The van der Waals surface area contributed by atoms with E-state index in [2.05, 4.69) is 15.4 Å². The van der Waals surface area contributed by atoms with Crippen molar-refractivity contribution >= 4 is 18.3 Å². The van der Waals surface area contributed by atoms with Gasteiger partial charge in [0.15, 0.2) is 5.69 Å². The smallest absolute Gasteiger partial charge is 0.276 e. The van der Waals surface area contributed by atoms with E-state index < -0.39 is 0 Å². The van der Waals surface area contributed by atoms with Crippen LogP contribution in [0, 0.1) is 6.92 Å². The summed E-state index contributed by atoms with van der Waals surface area (Å²) in [4.78, 5) is 19.7. The van der Waals surface area contributed by atoms with E-state index in [0.29, 0.717) is 30.4 Å². The summed E-state index contributed by atoms with van der Waals surface area (Å²) in [6, 6.07) is 7.64. The van der Waals surface area contributed by atoms with Gasteiger partial charge in [-0.25, -0.2) is 4.98 Å². The van der Waals surface area contributed by atoms with Crippen molar-refractivity contribution in [2.24, 2.45) is 7.05 Å². The number of para-hydroxylation sites is 1. The molecule has 1 saturated heterocycles. The van der Waals surface area contributed by atoms with Crippen molar-refractivity contribution in [1.82, 2.24) is 25.0 Å². The first-order chi connectivity index (χ1) is 13.6. The average molecular weight is 418 g/mol. The summed E-state index contributed by atoms with van der Waals surface area (Å²) in [6.07, 6.45) is 3.48. The molecule has 0 aliphatic carbocycles. The van der Waals surface area contributed by atoms with Gasteiger partial charge in [0.25, 0.3) is 5.91 Å². The third-order valence-corrected chi connectivity index (χ3v) is 4.95. The first-order valence-corrected chi connectivity index (χ1v) is 9.19. The molecule has 3 heterocycles. The molecule has 8 nitrogen and oxygen atoms in total. The molecule has 0 bridgehead atoms. The molecule has 1 aliphatic rings. The zero-order valence-electron chi connectivity index (χ0n) is 16.6. The van der Waals surface area contributed by atoms with Gasteiger partial charge >= 0.3 is 0 Å². The first-order valence-electron chi connectivity index (χ1n) is 9.19. The predicted octanol–water partition coefficient (Wildman–Crippen LogP) is 2.60. The van der Waals surface area contributed by atoms with Crippen molar-refractivity contribution < 1.29 is 13.9 Å². The number of aromatic nitrogens is 3. The molecule has 1 aliphatic heterocycles. The minimum absolute atomic E-state index is 0. The molecule has 29 heavy (non-hydrogen) atoms. The second kappa shape index (κ2) is 8.67. The van der Waals surface area contributed by atoms with Gasteiger partial charge in [0.1, 0.15) is 11.5 Å². The van der Waals surface area contributed by atoms with Crippen molar-refractivity contribution in [3.05, 3.63) is 53.7 Å². The number of nitrogens with zero attached hydrogens (tertiary/aromatic N) is 4. The number of rotatable bonds is 4. The van der Waals surface area contributed by atoms with Gasteiger partial charge < -0.3 is 19.4 Å². The maximum atomic E-state index is 13.4. The monoisotopic (exact) mass is 417 g/mol. The number of benzene rings is 1. The number of hydrogen-bond donors (Lipinski definition) is 1. The molecule has 0 saturated carbocycles. The van der Waals surface area contributed by atoms with Gasteiger partial charge in [-0.05, 0) is 13.0 Å². The maximum absolute atomic E-state index is 13.4. The molecule has 1 amide bonds. The Morgan fingerprint density at radius 1 is 1.34 bits per heavy atom. The predicted molar refractivity (Wildman–Crippen MR) is 110 cm³/mol. The van der Waals surface area contributed by atoms with Gasteiger partial charge in [0.2, 0.25) is 5.89 Å². The van der Waals surface area contributed by atoms with Gasteiger partial charge in [0.05, 0.1) is 24.9 Å². The molecule has 4 rings (SSSR count). The van der Waals surface area contributed by atoms with Crippen molar-refractivity contribution in [1.29, 1.82) is 0 Å². The molecule has 1 N–H and O–H groups in total. The van der Waals surface area contributed by atoms with Crippen molar-refractivity contribution in [3.63, 3.8) is 0 Å².